The van der Waals surface area contributed by atoms with Crippen LogP contribution >= 0.6 is 0 Å². The zero-order valence-corrected chi connectivity index (χ0v) is 18.2. The Bertz CT molecular complexity index is 1190. The average Bonchev–Trinajstić information content (AvgIpc) is 2.77. The van der Waals surface area contributed by atoms with Crippen molar-refractivity contribution in [1.82, 2.24) is 5.32 Å². The average molecular weight is 443 g/mol. The van der Waals surface area contributed by atoms with Crippen molar-refractivity contribution in [1.29, 1.82) is 0 Å². The van der Waals surface area contributed by atoms with Gasteiger partial charge in [0.2, 0.25) is 0 Å². The number of anilines is 1. The summed E-state index contributed by atoms with van der Waals surface area (Å²) >= 11 is 0. The van der Waals surface area contributed by atoms with Crippen molar-refractivity contribution in [3.63, 3.8) is 0 Å². The van der Waals surface area contributed by atoms with Gasteiger partial charge in [0.05, 0.1) is 17.7 Å². The molecule has 0 aliphatic rings. The van der Waals surface area contributed by atoms with E-state index in [0.29, 0.717) is 28.1 Å². The highest BCUT2D eigenvalue weighted by molar-refractivity contribution is 7.92. The van der Waals surface area contributed by atoms with Gasteiger partial charge in [0.1, 0.15) is 11.6 Å². The maximum atomic E-state index is 13.3. The van der Waals surface area contributed by atoms with Gasteiger partial charge in [-0.25, -0.2) is 12.8 Å². The first-order valence-corrected chi connectivity index (χ1v) is 10.9. The molecule has 1 N–H and O–H groups in total. The van der Waals surface area contributed by atoms with E-state index >= 15 is 0 Å². The molecule has 0 unspecified atom stereocenters. The molecule has 0 radical (unpaired) electrons. The molecule has 0 bridgehead atoms. The van der Waals surface area contributed by atoms with Gasteiger partial charge in [0, 0.05) is 19.2 Å². The van der Waals surface area contributed by atoms with E-state index in [1.165, 1.54) is 42.7 Å². The number of benzene rings is 3. The zero-order valence-electron chi connectivity index (χ0n) is 17.4. The summed E-state index contributed by atoms with van der Waals surface area (Å²) in [7, 11) is -0.809. The van der Waals surface area contributed by atoms with Crippen LogP contribution < -0.4 is 14.4 Å². The van der Waals surface area contributed by atoms with Gasteiger partial charge in [-0.2, -0.15) is 0 Å². The normalized spacial score (nSPS) is 11.1. The third kappa shape index (κ3) is 5.03. The molecule has 0 aliphatic carbocycles. The number of aryl methyl sites for hydroxylation is 1. The van der Waals surface area contributed by atoms with Gasteiger partial charge >= 0.3 is 0 Å². The molecule has 1 amide bonds. The van der Waals surface area contributed by atoms with Gasteiger partial charge in [-0.05, 0) is 72.6 Å². The minimum absolute atomic E-state index is 0.132. The lowest BCUT2D eigenvalue weighted by molar-refractivity contribution is 0.0950. The number of amides is 1. The Kier molecular flexibility index (Phi) is 6.60. The summed E-state index contributed by atoms with van der Waals surface area (Å²) in [6.45, 7) is 1.92. The largest absolute Gasteiger partial charge is 0.497 e. The fourth-order valence-corrected chi connectivity index (χ4v) is 4.38. The van der Waals surface area contributed by atoms with Gasteiger partial charge in [-0.15, -0.1) is 0 Å². The molecule has 0 atom stereocenters. The Morgan fingerprint density at radius 3 is 2.39 bits per heavy atom. The molecule has 8 heteroatoms. The minimum atomic E-state index is -3.78. The van der Waals surface area contributed by atoms with Gasteiger partial charge < -0.3 is 10.1 Å². The van der Waals surface area contributed by atoms with Crippen molar-refractivity contribution in [2.45, 2.75) is 18.4 Å². The van der Waals surface area contributed by atoms with Crippen molar-refractivity contribution in [3.05, 3.63) is 89.2 Å². The molecule has 0 saturated carbocycles. The van der Waals surface area contributed by atoms with Crippen LogP contribution in [0.25, 0.3) is 0 Å². The quantitative estimate of drug-likeness (QED) is 0.602. The molecule has 0 aromatic heterocycles. The molecule has 0 aliphatic heterocycles. The van der Waals surface area contributed by atoms with Crippen LogP contribution in [0.1, 0.15) is 21.5 Å². The number of methoxy groups -OCH3 is 1. The monoisotopic (exact) mass is 442 g/mol. The second kappa shape index (κ2) is 9.18. The number of ether oxygens (including phenoxy) is 1. The zero-order chi connectivity index (χ0) is 22.6. The summed E-state index contributed by atoms with van der Waals surface area (Å²) in [6.07, 6.45) is 0. The number of carbonyl (C=O) groups is 1. The molecule has 162 valence electrons. The van der Waals surface area contributed by atoms with Crippen molar-refractivity contribution in [3.8, 4) is 5.75 Å². The molecular weight excluding hydrogens is 419 g/mol. The highest BCUT2D eigenvalue weighted by Gasteiger charge is 2.23. The molecule has 0 saturated heterocycles. The molecule has 3 aromatic carbocycles. The predicted molar refractivity (Wildman–Crippen MR) is 117 cm³/mol. The number of rotatable bonds is 7. The SMILES string of the molecule is COc1ccc(S(=O)(=O)N(C)c2ccc(C(=O)NCc3cccc(F)c3)cc2C)cc1. The van der Waals surface area contributed by atoms with E-state index in [9.17, 15) is 17.6 Å². The number of halogens is 1. The van der Waals surface area contributed by atoms with Crippen molar-refractivity contribution >= 4 is 21.6 Å². The maximum Gasteiger partial charge on any atom is 0.264 e. The predicted octanol–water partition coefficient (Wildman–Crippen LogP) is 3.90. The van der Waals surface area contributed by atoms with Crippen LogP contribution in [-0.2, 0) is 16.6 Å². The van der Waals surface area contributed by atoms with Crippen molar-refractivity contribution < 1.29 is 22.3 Å². The fourth-order valence-electron chi connectivity index (χ4n) is 3.12. The molecule has 31 heavy (non-hydrogen) atoms. The summed E-state index contributed by atoms with van der Waals surface area (Å²) in [5.41, 5.74) is 2.11. The summed E-state index contributed by atoms with van der Waals surface area (Å²) in [5, 5.41) is 2.74. The first-order valence-electron chi connectivity index (χ1n) is 9.48. The van der Waals surface area contributed by atoms with E-state index in [2.05, 4.69) is 5.32 Å². The van der Waals surface area contributed by atoms with Crippen molar-refractivity contribution in [2.24, 2.45) is 0 Å². The van der Waals surface area contributed by atoms with Crippen LogP contribution in [0.3, 0.4) is 0 Å². The third-order valence-corrected chi connectivity index (χ3v) is 6.64. The Balaban J connectivity index is 1.76. The van der Waals surface area contributed by atoms with Crippen LogP contribution in [0.5, 0.6) is 5.75 Å². The fraction of sp³-hybridized carbons (Fsp3) is 0.174. The molecule has 3 rings (SSSR count). The number of hydrogen-bond acceptors (Lipinski definition) is 4. The Morgan fingerprint density at radius 2 is 1.77 bits per heavy atom. The first kappa shape index (κ1) is 22.3. The maximum absolute atomic E-state index is 13.3. The van der Waals surface area contributed by atoms with Crippen molar-refractivity contribution in [2.75, 3.05) is 18.5 Å². The Labute approximate surface area is 181 Å². The van der Waals surface area contributed by atoms with Crippen LogP contribution in [0.2, 0.25) is 0 Å². The number of sulfonamides is 1. The Morgan fingerprint density at radius 1 is 1.06 bits per heavy atom. The first-order chi connectivity index (χ1) is 14.7. The Hall–Kier alpha value is -3.39. The topological polar surface area (TPSA) is 75.7 Å². The lowest BCUT2D eigenvalue weighted by Crippen LogP contribution is -2.27. The molecule has 0 fully saturated rings. The van der Waals surface area contributed by atoms with E-state index in [1.807, 2.05) is 0 Å². The van der Waals surface area contributed by atoms with Gasteiger partial charge in [0.25, 0.3) is 15.9 Å². The van der Waals surface area contributed by atoms with Crippen LogP contribution in [-0.4, -0.2) is 28.5 Å². The minimum Gasteiger partial charge on any atom is -0.497 e. The van der Waals surface area contributed by atoms with Gasteiger partial charge in [0.15, 0.2) is 0 Å². The summed E-state index contributed by atoms with van der Waals surface area (Å²) < 4.78 is 45.5. The van der Waals surface area contributed by atoms with E-state index in [-0.39, 0.29) is 23.2 Å². The van der Waals surface area contributed by atoms with E-state index < -0.39 is 10.0 Å². The lowest BCUT2D eigenvalue weighted by Gasteiger charge is -2.22. The molecular formula is C23H23FN2O4S. The lowest BCUT2D eigenvalue weighted by atomic mass is 10.1. The summed E-state index contributed by atoms with van der Waals surface area (Å²) in [5.74, 6) is -0.140. The van der Waals surface area contributed by atoms with Crippen LogP contribution in [0, 0.1) is 12.7 Å². The van der Waals surface area contributed by atoms with Crippen LogP contribution in [0.15, 0.2) is 71.6 Å². The van der Waals surface area contributed by atoms with Gasteiger partial charge in [-0.3, -0.25) is 9.10 Å². The number of hydrogen-bond donors (Lipinski definition) is 1. The van der Waals surface area contributed by atoms with Gasteiger partial charge in [-0.1, -0.05) is 12.1 Å². The molecule has 0 spiro atoms. The third-order valence-electron chi connectivity index (χ3n) is 4.86. The van der Waals surface area contributed by atoms with Crippen LogP contribution in [0.4, 0.5) is 10.1 Å². The number of nitrogens with one attached hydrogen (secondary N) is 1. The molecule has 3 aromatic rings. The highest BCUT2D eigenvalue weighted by Crippen LogP contribution is 2.27. The second-order valence-corrected chi connectivity index (χ2v) is 8.93. The van der Waals surface area contributed by atoms with E-state index in [4.69, 9.17) is 4.74 Å². The van der Waals surface area contributed by atoms with E-state index in [1.54, 1.807) is 49.4 Å². The number of nitrogens with zero attached hydrogens (tertiary/aromatic N) is 1. The summed E-state index contributed by atoms with van der Waals surface area (Å²) in [6, 6.07) is 16.9. The molecule has 6 nitrogen and oxygen atoms in total. The number of carbonyl (C=O) groups excluding carboxylic acids is 1. The standard InChI is InChI=1S/C23H23FN2O4S/c1-16-13-18(23(27)25-15-17-5-4-6-19(24)14-17)7-12-22(16)26(2)31(28,29)21-10-8-20(30-3)9-11-21/h4-14H,15H2,1-3H3,(H,25,27). The highest BCUT2D eigenvalue weighted by atomic mass is 32.2. The van der Waals surface area contributed by atoms with E-state index in [0.717, 1.165) is 0 Å². The molecule has 0 heterocycles. The summed E-state index contributed by atoms with van der Waals surface area (Å²) in [4.78, 5) is 12.6. The smallest absolute Gasteiger partial charge is 0.264 e. The second-order valence-electron chi connectivity index (χ2n) is 6.96.